The Morgan fingerprint density at radius 2 is 2.32 bits per heavy atom. The third-order valence-electron chi connectivity index (χ3n) is 2.17. The summed E-state index contributed by atoms with van der Waals surface area (Å²) in [7, 11) is 0. The van der Waals surface area contributed by atoms with Crippen LogP contribution in [0.1, 0.15) is 25.9 Å². The molecule has 0 saturated heterocycles. The van der Waals surface area contributed by atoms with E-state index in [1.54, 1.807) is 13.0 Å². The van der Waals surface area contributed by atoms with Gasteiger partial charge in [0.2, 0.25) is 5.13 Å². The quantitative estimate of drug-likeness (QED) is 0.828. The molecule has 2 N–H and O–H groups in total. The number of nitrogens with one attached hydrogen (secondary N) is 1. The first kappa shape index (κ1) is 13.7. The van der Waals surface area contributed by atoms with Crippen LogP contribution in [0.5, 0.6) is 0 Å². The zero-order chi connectivity index (χ0) is 13.8. The van der Waals surface area contributed by atoms with Crippen LogP contribution in [0.2, 0.25) is 0 Å². The van der Waals surface area contributed by atoms with Gasteiger partial charge in [-0.1, -0.05) is 11.8 Å². The molecule has 0 aliphatic heterocycles. The number of amides is 1. The summed E-state index contributed by atoms with van der Waals surface area (Å²) in [5.74, 6) is 5.81. The molecule has 0 saturated carbocycles. The molecule has 5 nitrogen and oxygen atoms in total. The second-order valence-electron chi connectivity index (χ2n) is 3.68. The van der Waals surface area contributed by atoms with Crippen molar-refractivity contribution in [2.75, 3.05) is 11.9 Å². The van der Waals surface area contributed by atoms with E-state index in [-0.39, 0.29) is 12.5 Å². The first-order valence-electron chi connectivity index (χ1n) is 5.42. The van der Waals surface area contributed by atoms with Gasteiger partial charge in [-0.15, -0.1) is 11.3 Å². The number of nitrogens with zero attached hydrogens (tertiary/aromatic N) is 2. The summed E-state index contributed by atoms with van der Waals surface area (Å²) >= 11 is 2.44. The summed E-state index contributed by atoms with van der Waals surface area (Å²) in [6.07, 6.45) is 0. The van der Waals surface area contributed by atoms with Crippen molar-refractivity contribution in [3.63, 3.8) is 0 Å². The molecule has 0 radical (unpaired) electrons. The maximum Gasteiger partial charge on any atom is 0.267 e. The molecule has 2 aromatic heterocycles. The first-order valence-corrected chi connectivity index (χ1v) is 7.01. The highest BCUT2D eigenvalue weighted by molar-refractivity contribution is 7.15. The smallest absolute Gasteiger partial charge is 0.267 e. The summed E-state index contributed by atoms with van der Waals surface area (Å²) < 4.78 is 4.00. The molecule has 0 aliphatic carbocycles. The normalized spacial score (nSPS) is 9.84. The first-order chi connectivity index (χ1) is 9.10. The van der Waals surface area contributed by atoms with E-state index in [4.69, 9.17) is 5.11 Å². The number of aliphatic hydroxyl groups excluding tert-OH is 1. The van der Waals surface area contributed by atoms with Gasteiger partial charge < -0.3 is 5.11 Å². The molecule has 0 atom stereocenters. The van der Waals surface area contributed by atoms with E-state index in [1.165, 1.54) is 11.3 Å². The maximum atomic E-state index is 12.0. The molecule has 1 amide bonds. The number of aliphatic hydroxyl groups is 1. The molecule has 98 valence electrons. The fourth-order valence-corrected chi connectivity index (χ4v) is 2.86. The molecule has 0 spiro atoms. The van der Waals surface area contributed by atoms with Crippen molar-refractivity contribution < 1.29 is 9.90 Å². The van der Waals surface area contributed by atoms with Crippen molar-refractivity contribution >= 4 is 33.9 Å². The second-order valence-corrected chi connectivity index (χ2v) is 5.49. The number of anilines is 1. The molecular weight excluding hydrogens is 282 g/mol. The fraction of sp³-hybridized carbons (Fsp3) is 0.250. The maximum absolute atomic E-state index is 12.0. The number of carbonyl (C=O) groups is 1. The Morgan fingerprint density at radius 1 is 1.53 bits per heavy atom. The lowest BCUT2D eigenvalue weighted by Gasteiger charge is -1.96. The lowest BCUT2D eigenvalue weighted by atomic mass is 10.2. The summed E-state index contributed by atoms with van der Waals surface area (Å²) in [4.78, 5) is 17.4. The third kappa shape index (κ3) is 3.38. The second kappa shape index (κ2) is 5.93. The van der Waals surface area contributed by atoms with E-state index in [0.29, 0.717) is 15.8 Å². The van der Waals surface area contributed by atoms with Gasteiger partial charge in [0.1, 0.15) is 12.4 Å². The van der Waals surface area contributed by atoms with Crippen molar-refractivity contribution in [1.82, 2.24) is 9.36 Å². The van der Waals surface area contributed by atoms with Crippen LogP contribution in [0.4, 0.5) is 5.13 Å². The number of thiophene rings is 1. The van der Waals surface area contributed by atoms with Crippen molar-refractivity contribution in [2.45, 2.75) is 13.8 Å². The fourth-order valence-electron chi connectivity index (χ4n) is 1.34. The Balaban J connectivity index is 2.15. The molecule has 7 heteroatoms. The lowest BCUT2D eigenvalue weighted by molar-refractivity contribution is 0.103. The molecule has 19 heavy (non-hydrogen) atoms. The predicted octanol–water partition coefficient (Wildman–Crippen LogP) is 1.81. The van der Waals surface area contributed by atoms with E-state index >= 15 is 0 Å². The monoisotopic (exact) mass is 293 g/mol. The van der Waals surface area contributed by atoms with Gasteiger partial charge in [0.05, 0.1) is 9.75 Å². The summed E-state index contributed by atoms with van der Waals surface area (Å²) in [6.45, 7) is 3.46. The highest BCUT2D eigenvalue weighted by Crippen LogP contribution is 2.22. The summed E-state index contributed by atoms with van der Waals surface area (Å²) in [5, 5.41) is 11.8. The highest BCUT2D eigenvalue weighted by atomic mass is 32.1. The van der Waals surface area contributed by atoms with Gasteiger partial charge in [0.15, 0.2) is 0 Å². The van der Waals surface area contributed by atoms with Crippen molar-refractivity contribution in [3.05, 3.63) is 27.2 Å². The zero-order valence-corrected chi connectivity index (χ0v) is 12.0. The Bertz CT molecular complexity index is 664. The van der Waals surface area contributed by atoms with E-state index in [0.717, 1.165) is 22.0 Å². The predicted molar refractivity (Wildman–Crippen MR) is 75.6 cm³/mol. The number of rotatable bonds is 2. The number of hydrogen-bond acceptors (Lipinski definition) is 6. The van der Waals surface area contributed by atoms with Crippen LogP contribution in [-0.4, -0.2) is 27.0 Å². The van der Waals surface area contributed by atoms with Crippen molar-refractivity contribution in [1.29, 1.82) is 0 Å². The number of aryl methyl sites for hydroxylation is 2. The molecule has 0 aromatic carbocycles. The molecule has 0 unspecified atom stereocenters. The number of aromatic nitrogens is 2. The van der Waals surface area contributed by atoms with E-state index in [9.17, 15) is 4.79 Å². The van der Waals surface area contributed by atoms with Gasteiger partial charge in [-0.3, -0.25) is 10.1 Å². The average molecular weight is 293 g/mol. The largest absolute Gasteiger partial charge is 0.384 e. The van der Waals surface area contributed by atoms with Gasteiger partial charge >= 0.3 is 0 Å². The standard InChI is InChI=1S/C12H11N3O2S2/c1-7-6-10(18-9(7)4-3-5-16)11(17)14-12-13-8(2)15-19-12/h6,16H,5H2,1-2H3,(H,13,14,15,17). The third-order valence-corrected chi connectivity index (χ3v) is 4.04. The van der Waals surface area contributed by atoms with E-state index in [2.05, 4.69) is 26.5 Å². The van der Waals surface area contributed by atoms with Crippen LogP contribution in [0.15, 0.2) is 6.07 Å². The van der Waals surface area contributed by atoms with Crippen molar-refractivity contribution in [3.8, 4) is 11.8 Å². The SMILES string of the molecule is Cc1nsc(NC(=O)c2cc(C)c(C#CCO)s2)n1. The summed E-state index contributed by atoms with van der Waals surface area (Å²) in [6, 6.07) is 1.77. The van der Waals surface area contributed by atoms with Crippen molar-refractivity contribution in [2.24, 2.45) is 0 Å². The minimum absolute atomic E-state index is 0.192. The Hall–Kier alpha value is -1.75. The van der Waals surface area contributed by atoms with Gasteiger partial charge in [0, 0.05) is 11.5 Å². The van der Waals surface area contributed by atoms with E-state index in [1.807, 2.05) is 6.92 Å². The van der Waals surface area contributed by atoms with Crippen LogP contribution in [0.3, 0.4) is 0 Å². The average Bonchev–Trinajstić information content (AvgIpc) is 2.93. The number of carbonyl (C=O) groups excluding carboxylic acids is 1. The molecule has 0 bridgehead atoms. The molecular formula is C12H11N3O2S2. The van der Waals surface area contributed by atoms with Crippen LogP contribution < -0.4 is 5.32 Å². The van der Waals surface area contributed by atoms with Crippen LogP contribution in [0, 0.1) is 25.7 Å². The Labute approximate surface area is 118 Å². The molecule has 2 rings (SSSR count). The number of hydrogen-bond donors (Lipinski definition) is 2. The highest BCUT2D eigenvalue weighted by Gasteiger charge is 2.13. The molecule has 2 aromatic rings. The Morgan fingerprint density at radius 3 is 2.95 bits per heavy atom. The van der Waals surface area contributed by atoms with Crippen LogP contribution in [-0.2, 0) is 0 Å². The topological polar surface area (TPSA) is 75.1 Å². The van der Waals surface area contributed by atoms with E-state index < -0.39 is 0 Å². The van der Waals surface area contributed by atoms with Gasteiger partial charge in [-0.05, 0) is 25.5 Å². The van der Waals surface area contributed by atoms with Gasteiger partial charge in [0.25, 0.3) is 5.91 Å². The summed E-state index contributed by atoms with van der Waals surface area (Å²) in [5.41, 5.74) is 0.921. The minimum atomic E-state index is -0.221. The molecule has 0 fully saturated rings. The van der Waals surface area contributed by atoms with Crippen LogP contribution in [0.25, 0.3) is 0 Å². The zero-order valence-electron chi connectivity index (χ0n) is 10.4. The Kier molecular flexibility index (Phi) is 4.27. The molecule has 0 aliphatic rings. The minimum Gasteiger partial charge on any atom is -0.384 e. The van der Waals surface area contributed by atoms with Crippen LogP contribution >= 0.6 is 22.9 Å². The lowest BCUT2D eigenvalue weighted by Crippen LogP contribution is -2.09. The molecule has 2 heterocycles. The van der Waals surface area contributed by atoms with Gasteiger partial charge in [-0.25, -0.2) is 4.98 Å². The van der Waals surface area contributed by atoms with Gasteiger partial charge in [-0.2, -0.15) is 4.37 Å².